The maximum atomic E-state index is 4.36. The SMILES string of the molecule is c1cc(-c2ccc3c4c(cccc24)-c2ccccc2-3)cc(-n2c3ccccc3c3cc4cnccc4cc32)c1. The van der Waals surface area contributed by atoms with Crippen LogP contribution in [0.4, 0.5) is 0 Å². The number of hydrogen-bond acceptors (Lipinski definition) is 1. The van der Waals surface area contributed by atoms with E-state index < -0.39 is 0 Å². The van der Waals surface area contributed by atoms with Crippen molar-refractivity contribution in [3.05, 3.63) is 134 Å². The molecule has 0 bridgehead atoms. The third kappa shape index (κ3) is 2.83. The molecular formula is C37H22N2. The molecule has 0 saturated heterocycles. The molecule has 0 N–H and O–H groups in total. The molecule has 0 atom stereocenters. The van der Waals surface area contributed by atoms with Crippen molar-refractivity contribution in [1.82, 2.24) is 9.55 Å². The second-order valence-electron chi connectivity index (χ2n) is 10.4. The second kappa shape index (κ2) is 7.66. The van der Waals surface area contributed by atoms with Crippen molar-refractivity contribution in [2.24, 2.45) is 0 Å². The predicted molar refractivity (Wildman–Crippen MR) is 163 cm³/mol. The Labute approximate surface area is 225 Å². The van der Waals surface area contributed by atoms with Gasteiger partial charge in [0.25, 0.3) is 0 Å². The fraction of sp³-hybridized carbons (Fsp3) is 0. The summed E-state index contributed by atoms with van der Waals surface area (Å²) in [5.74, 6) is 0. The molecule has 2 nitrogen and oxygen atoms in total. The average Bonchev–Trinajstić information content (AvgIpc) is 3.50. The molecular weight excluding hydrogens is 472 g/mol. The molecule has 0 fully saturated rings. The van der Waals surface area contributed by atoms with Gasteiger partial charge in [-0.15, -0.1) is 0 Å². The number of nitrogens with zero attached hydrogens (tertiary/aromatic N) is 2. The summed E-state index contributed by atoms with van der Waals surface area (Å²) in [4.78, 5) is 4.36. The number of fused-ring (bicyclic) bond motifs is 7. The van der Waals surface area contributed by atoms with Crippen LogP contribution in [0.3, 0.4) is 0 Å². The van der Waals surface area contributed by atoms with E-state index in [1.54, 1.807) is 0 Å². The van der Waals surface area contributed by atoms with Gasteiger partial charge in [0.15, 0.2) is 0 Å². The normalized spacial score (nSPS) is 12.1. The number of hydrogen-bond donors (Lipinski definition) is 0. The highest BCUT2D eigenvalue weighted by Crippen LogP contribution is 2.49. The predicted octanol–water partition coefficient (Wildman–Crippen LogP) is 9.80. The molecule has 2 heteroatoms. The Morgan fingerprint density at radius 1 is 0.462 bits per heavy atom. The third-order valence-electron chi connectivity index (χ3n) is 8.39. The van der Waals surface area contributed by atoms with E-state index in [-0.39, 0.29) is 0 Å². The minimum Gasteiger partial charge on any atom is -0.309 e. The lowest BCUT2D eigenvalue weighted by atomic mass is 9.94. The summed E-state index contributed by atoms with van der Waals surface area (Å²) in [6.07, 6.45) is 3.82. The Kier molecular flexibility index (Phi) is 4.08. The monoisotopic (exact) mass is 494 g/mol. The first-order chi connectivity index (χ1) is 19.3. The van der Waals surface area contributed by atoms with Crippen LogP contribution in [-0.2, 0) is 0 Å². The van der Waals surface area contributed by atoms with Crippen molar-refractivity contribution in [2.45, 2.75) is 0 Å². The third-order valence-corrected chi connectivity index (χ3v) is 8.39. The molecule has 0 aliphatic heterocycles. The molecule has 1 aliphatic carbocycles. The summed E-state index contributed by atoms with van der Waals surface area (Å²) in [6.45, 7) is 0. The standard InChI is InChI=1S/C37H22N2/c1-2-10-29-28(9-1)32-13-6-12-31-27(15-16-33(29)37(31)32)24-7-5-8-26(19-24)39-35-14-4-3-11-30(35)34-20-25-22-38-18-17-23(25)21-36(34)39/h1-22H. The molecule has 0 spiro atoms. The van der Waals surface area contributed by atoms with Crippen LogP contribution in [0.5, 0.6) is 0 Å². The van der Waals surface area contributed by atoms with Gasteiger partial charge in [-0.3, -0.25) is 4.98 Å². The summed E-state index contributed by atoms with van der Waals surface area (Å²) >= 11 is 0. The van der Waals surface area contributed by atoms with Crippen molar-refractivity contribution in [3.8, 4) is 39.1 Å². The van der Waals surface area contributed by atoms with Crippen LogP contribution in [0, 0.1) is 0 Å². The molecule has 2 heterocycles. The van der Waals surface area contributed by atoms with Gasteiger partial charge >= 0.3 is 0 Å². The fourth-order valence-electron chi connectivity index (χ4n) is 6.70. The first kappa shape index (κ1) is 20.8. The topological polar surface area (TPSA) is 17.8 Å². The summed E-state index contributed by atoms with van der Waals surface area (Å²) in [5.41, 5.74) is 11.4. The molecule has 0 amide bonds. The van der Waals surface area contributed by atoms with E-state index in [0.29, 0.717) is 0 Å². The smallest absolute Gasteiger partial charge is 0.0547 e. The summed E-state index contributed by atoms with van der Waals surface area (Å²) in [5, 5.41) is 7.53. The first-order valence-electron chi connectivity index (χ1n) is 13.4. The van der Waals surface area contributed by atoms with Crippen LogP contribution in [0.15, 0.2) is 134 Å². The van der Waals surface area contributed by atoms with Gasteiger partial charge in [-0.25, -0.2) is 0 Å². The number of benzene rings is 6. The average molecular weight is 495 g/mol. The molecule has 6 aromatic carbocycles. The number of rotatable bonds is 2. The van der Waals surface area contributed by atoms with E-state index in [2.05, 4.69) is 131 Å². The van der Waals surface area contributed by atoms with Gasteiger partial charge in [0.1, 0.15) is 0 Å². The van der Waals surface area contributed by atoms with E-state index in [1.165, 1.54) is 77.0 Å². The Hall–Kier alpha value is -5.21. The maximum Gasteiger partial charge on any atom is 0.0547 e. The van der Waals surface area contributed by atoms with Crippen LogP contribution in [0.2, 0.25) is 0 Å². The Bertz CT molecular complexity index is 2260. The minimum absolute atomic E-state index is 1.16. The van der Waals surface area contributed by atoms with Crippen molar-refractivity contribution in [1.29, 1.82) is 0 Å². The molecule has 39 heavy (non-hydrogen) atoms. The van der Waals surface area contributed by atoms with Crippen LogP contribution in [0.1, 0.15) is 0 Å². The number of pyridine rings is 1. The lowest BCUT2D eigenvalue weighted by molar-refractivity contribution is 1.18. The van der Waals surface area contributed by atoms with Crippen molar-refractivity contribution >= 4 is 43.4 Å². The lowest BCUT2D eigenvalue weighted by Gasteiger charge is -2.13. The van der Waals surface area contributed by atoms with Crippen molar-refractivity contribution in [2.75, 3.05) is 0 Å². The Balaban J connectivity index is 1.30. The van der Waals surface area contributed by atoms with E-state index >= 15 is 0 Å². The molecule has 0 radical (unpaired) electrons. The zero-order valence-corrected chi connectivity index (χ0v) is 21.1. The highest BCUT2D eigenvalue weighted by atomic mass is 15.0. The second-order valence-corrected chi connectivity index (χ2v) is 10.4. The molecule has 2 aromatic heterocycles. The molecule has 180 valence electrons. The molecule has 0 saturated carbocycles. The van der Waals surface area contributed by atoms with E-state index in [1.807, 2.05) is 12.4 Å². The minimum atomic E-state index is 1.16. The number of para-hydroxylation sites is 1. The molecule has 0 unspecified atom stereocenters. The quantitative estimate of drug-likeness (QED) is 0.234. The van der Waals surface area contributed by atoms with E-state index in [4.69, 9.17) is 0 Å². The summed E-state index contributed by atoms with van der Waals surface area (Å²) in [7, 11) is 0. The summed E-state index contributed by atoms with van der Waals surface area (Å²) in [6, 6.07) is 44.5. The van der Waals surface area contributed by atoms with Crippen LogP contribution in [-0.4, -0.2) is 9.55 Å². The van der Waals surface area contributed by atoms with Gasteiger partial charge in [0.05, 0.1) is 11.0 Å². The maximum absolute atomic E-state index is 4.36. The van der Waals surface area contributed by atoms with Crippen LogP contribution < -0.4 is 0 Å². The zero-order chi connectivity index (χ0) is 25.5. The zero-order valence-electron chi connectivity index (χ0n) is 21.1. The Morgan fingerprint density at radius 3 is 2.13 bits per heavy atom. The van der Waals surface area contributed by atoms with Gasteiger partial charge < -0.3 is 4.57 Å². The van der Waals surface area contributed by atoms with Gasteiger partial charge in [-0.1, -0.05) is 84.9 Å². The highest BCUT2D eigenvalue weighted by molar-refractivity contribution is 6.19. The molecule has 9 rings (SSSR count). The Morgan fingerprint density at radius 2 is 1.21 bits per heavy atom. The van der Waals surface area contributed by atoms with Gasteiger partial charge in [-0.05, 0) is 85.9 Å². The van der Waals surface area contributed by atoms with Crippen LogP contribution in [0.25, 0.3) is 82.4 Å². The van der Waals surface area contributed by atoms with Gasteiger partial charge in [0, 0.05) is 34.2 Å². The van der Waals surface area contributed by atoms with Gasteiger partial charge in [-0.2, -0.15) is 0 Å². The fourth-order valence-corrected chi connectivity index (χ4v) is 6.70. The molecule has 1 aliphatic rings. The number of aromatic nitrogens is 2. The van der Waals surface area contributed by atoms with Crippen LogP contribution >= 0.6 is 0 Å². The largest absolute Gasteiger partial charge is 0.309 e. The summed E-state index contributed by atoms with van der Waals surface area (Å²) < 4.78 is 2.41. The van der Waals surface area contributed by atoms with E-state index in [0.717, 1.165) is 5.39 Å². The van der Waals surface area contributed by atoms with Crippen molar-refractivity contribution < 1.29 is 0 Å². The first-order valence-corrected chi connectivity index (χ1v) is 13.4. The van der Waals surface area contributed by atoms with Gasteiger partial charge in [0.2, 0.25) is 0 Å². The van der Waals surface area contributed by atoms with Crippen molar-refractivity contribution in [3.63, 3.8) is 0 Å². The molecule has 8 aromatic rings. The van der Waals surface area contributed by atoms with E-state index in [9.17, 15) is 0 Å². The lowest BCUT2D eigenvalue weighted by Crippen LogP contribution is -1.94. The highest BCUT2D eigenvalue weighted by Gasteiger charge is 2.22.